The van der Waals surface area contributed by atoms with Crippen LogP contribution in [0.4, 0.5) is 8.78 Å². The van der Waals surface area contributed by atoms with Crippen LogP contribution in [0.15, 0.2) is 29.6 Å². The third kappa shape index (κ3) is 4.25. The van der Waals surface area contributed by atoms with E-state index in [1.165, 1.54) is 36.3 Å². The number of carbonyl (C=O) groups is 1. The van der Waals surface area contributed by atoms with Gasteiger partial charge in [0.1, 0.15) is 5.69 Å². The molecule has 6 nitrogen and oxygen atoms in total. The van der Waals surface area contributed by atoms with Crippen LogP contribution < -0.4 is 0 Å². The fourth-order valence-corrected chi connectivity index (χ4v) is 5.68. The highest BCUT2D eigenvalue weighted by atomic mass is 35.5. The average Bonchev–Trinajstić information content (AvgIpc) is 3.46. The lowest BCUT2D eigenvalue weighted by Gasteiger charge is -2.44. The summed E-state index contributed by atoms with van der Waals surface area (Å²) in [5, 5.41) is 2.21. The molecule has 2 saturated heterocycles. The zero-order valence-corrected chi connectivity index (χ0v) is 18.9. The highest BCUT2D eigenvalue weighted by Crippen LogP contribution is 2.36. The standard InChI is InChI=1S/C22H23ClF2N4O2S/c23-22(24,25)19-11-15(18-7-4-10-32-18)26-20-12-16(27-29(19)20)21(30)31-13-14-5-3-9-28-8-2-1-6-17(14)28/h4,7,10-12,14,17H,1-3,5-6,8-9,13H2. The first-order valence-electron chi connectivity index (χ1n) is 10.8. The maximum absolute atomic E-state index is 14.1. The van der Waals surface area contributed by atoms with Crippen LogP contribution in [0.25, 0.3) is 16.2 Å². The molecule has 2 aliphatic rings. The SMILES string of the molecule is O=C(OCC1CCCN2CCCCC12)c1cc2nc(-c3cccs3)cc(C(F)(F)Cl)n2n1. The van der Waals surface area contributed by atoms with Gasteiger partial charge in [-0.15, -0.1) is 11.3 Å². The van der Waals surface area contributed by atoms with E-state index >= 15 is 0 Å². The van der Waals surface area contributed by atoms with Gasteiger partial charge in [-0.1, -0.05) is 12.5 Å². The second-order valence-corrected chi connectivity index (χ2v) is 9.82. The van der Waals surface area contributed by atoms with E-state index in [0.717, 1.165) is 36.9 Å². The first-order valence-corrected chi connectivity index (χ1v) is 12.1. The molecular weight excluding hydrogens is 458 g/mol. The number of hydrogen-bond acceptors (Lipinski definition) is 6. The number of halogens is 3. The summed E-state index contributed by atoms with van der Waals surface area (Å²) in [6.45, 7) is 2.52. The van der Waals surface area contributed by atoms with E-state index < -0.39 is 17.0 Å². The zero-order chi connectivity index (χ0) is 22.3. The van der Waals surface area contributed by atoms with Crippen molar-refractivity contribution >= 4 is 34.6 Å². The highest BCUT2D eigenvalue weighted by molar-refractivity contribution is 7.13. The van der Waals surface area contributed by atoms with E-state index in [2.05, 4.69) is 15.0 Å². The summed E-state index contributed by atoms with van der Waals surface area (Å²) in [4.78, 5) is 20.4. The first-order chi connectivity index (χ1) is 15.4. The predicted octanol–water partition coefficient (Wildman–Crippen LogP) is 5.17. The number of aromatic nitrogens is 3. The number of ether oxygens (including phenoxy) is 1. The number of carbonyl (C=O) groups excluding carboxylic acids is 1. The van der Waals surface area contributed by atoms with Gasteiger partial charge in [-0.25, -0.2) is 14.3 Å². The molecule has 10 heteroatoms. The Morgan fingerprint density at radius 1 is 1.25 bits per heavy atom. The summed E-state index contributed by atoms with van der Waals surface area (Å²) < 4.78 is 34.8. The molecule has 0 radical (unpaired) electrons. The normalized spacial score (nSPS) is 22.1. The minimum absolute atomic E-state index is 0.0562. The molecule has 0 aliphatic carbocycles. The topological polar surface area (TPSA) is 59.7 Å². The van der Waals surface area contributed by atoms with E-state index in [9.17, 15) is 13.6 Å². The van der Waals surface area contributed by atoms with Crippen LogP contribution in [0.3, 0.4) is 0 Å². The van der Waals surface area contributed by atoms with Crippen molar-refractivity contribution in [1.29, 1.82) is 0 Å². The van der Waals surface area contributed by atoms with Crippen LogP contribution in [0.5, 0.6) is 0 Å². The third-order valence-electron chi connectivity index (χ3n) is 6.36. The van der Waals surface area contributed by atoms with Crippen molar-refractivity contribution in [2.45, 2.75) is 43.5 Å². The number of thiophene rings is 1. The maximum Gasteiger partial charge on any atom is 0.364 e. The van der Waals surface area contributed by atoms with Crippen LogP contribution >= 0.6 is 22.9 Å². The van der Waals surface area contributed by atoms with Crippen molar-refractivity contribution in [2.75, 3.05) is 19.7 Å². The Bertz CT molecular complexity index is 1110. The Kier molecular flexibility index (Phi) is 5.90. The lowest BCUT2D eigenvalue weighted by Crippen LogP contribution is -2.49. The number of esters is 1. The second-order valence-electron chi connectivity index (χ2n) is 8.40. The van der Waals surface area contributed by atoms with Gasteiger partial charge in [0.05, 0.1) is 17.2 Å². The maximum atomic E-state index is 14.1. The smallest absolute Gasteiger partial charge is 0.364 e. The largest absolute Gasteiger partial charge is 0.461 e. The molecule has 5 rings (SSSR count). The number of hydrogen-bond donors (Lipinski definition) is 0. The fraction of sp³-hybridized carbons (Fsp3) is 0.500. The molecule has 2 fully saturated rings. The molecule has 0 spiro atoms. The third-order valence-corrected chi connectivity index (χ3v) is 7.44. The number of fused-ring (bicyclic) bond motifs is 2. The monoisotopic (exact) mass is 480 g/mol. The van der Waals surface area contributed by atoms with Gasteiger partial charge in [-0.05, 0) is 67.9 Å². The zero-order valence-electron chi connectivity index (χ0n) is 17.3. The Labute approximate surface area is 193 Å². The highest BCUT2D eigenvalue weighted by Gasteiger charge is 2.35. The predicted molar refractivity (Wildman–Crippen MR) is 118 cm³/mol. The van der Waals surface area contributed by atoms with Gasteiger partial charge in [-0.3, -0.25) is 4.90 Å². The second kappa shape index (κ2) is 8.68. The summed E-state index contributed by atoms with van der Waals surface area (Å²) in [5.41, 5.74) is -0.132. The van der Waals surface area contributed by atoms with Gasteiger partial charge >= 0.3 is 11.4 Å². The van der Waals surface area contributed by atoms with Gasteiger partial charge < -0.3 is 4.74 Å². The van der Waals surface area contributed by atoms with E-state index in [1.54, 1.807) is 6.07 Å². The van der Waals surface area contributed by atoms with E-state index in [1.807, 2.05) is 11.4 Å². The minimum atomic E-state index is -3.67. The molecule has 0 amide bonds. The van der Waals surface area contributed by atoms with E-state index in [-0.39, 0.29) is 17.3 Å². The molecule has 170 valence electrons. The summed E-state index contributed by atoms with van der Waals surface area (Å²) in [7, 11) is 0. The summed E-state index contributed by atoms with van der Waals surface area (Å²) >= 11 is 6.72. The minimum Gasteiger partial charge on any atom is -0.461 e. The molecule has 2 aliphatic heterocycles. The Hall–Kier alpha value is -2.10. The van der Waals surface area contributed by atoms with Crippen molar-refractivity contribution in [1.82, 2.24) is 19.5 Å². The summed E-state index contributed by atoms with van der Waals surface area (Å²) in [6, 6.07) is 6.61. The Balaban J connectivity index is 1.38. The van der Waals surface area contributed by atoms with Gasteiger partial charge in [0.2, 0.25) is 0 Å². The molecule has 2 unspecified atom stereocenters. The summed E-state index contributed by atoms with van der Waals surface area (Å²) in [6.07, 6.45) is 5.66. The molecule has 0 bridgehead atoms. The van der Waals surface area contributed by atoms with Crippen molar-refractivity contribution in [3.8, 4) is 10.6 Å². The van der Waals surface area contributed by atoms with Gasteiger partial charge in [0.15, 0.2) is 11.3 Å². The molecule has 32 heavy (non-hydrogen) atoms. The average molecular weight is 481 g/mol. The number of alkyl halides is 3. The van der Waals surface area contributed by atoms with Crippen LogP contribution in [-0.2, 0) is 10.1 Å². The van der Waals surface area contributed by atoms with Crippen LogP contribution in [0, 0.1) is 5.92 Å². The van der Waals surface area contributed by atoms with Crippen molar-refractivity contribution in [3.63, 3.8) is 0 Å². The molecule has 0 N–H and O–H groups in total. The quantitative estimate of drug-likeness (QED) is 0.372. The lowest BCUT2D eigenvalue weighted by atomic mass is 9.84. The first kappa shape index (κ1) is 21.7. The van der Waals surface area contributed by atoms with Gasteiger partial charge in [-0.2, -0.15) is 13.9 Å². The van der Waals surface area contributed by atoms with Crippen molar-refractivity contribution < 1.29 is 18.3 Å². The molecule has 3 aromatic heterocycles. The molecule has 0 saturated carbocycles. The van der Waals surface area contributed by atoms with Crippen LogP contribution in [0.1, 0.15) is 48.3 Å². The van der Waals surface area contributed by atoms with Crippen LogP contribution in [-0.4, -0.2) is 51.2 Å². The van der Waals surface area contributed by atoms with Gasteiger partial charge in [0.25, 0.3) is 0 Å². The van der Waals surface area contributed by atoms with Gasteiger partial charge in [0, 0.05) is 18.0 Å². The molecular formula is C22H23ClF2N4O2S. The van der Waals surface area contributed by atoms with E-state index in [4.69, 9.17) is 16.3 Å². The molecule has 5 heterocycles. The molecule has 2 atom stereocenters. The molecule has 3 aromatic rings. The van der Waals surface area contributed by atoms with Crippen molar-refractivity contribution in [3.05, 3.63) is 41.0 Å². The molecule has 0 aromatic carbocycles. The number of rotatable bonds is 5. The Morgan fingerprint density at radius 2 is 2.09 bits per heavy atom. The lowest BCUT2D eigenvalue weighted by molar-refractivity contribution is 0.00696. The Morgan fingerprint density at radius 3 is 2.88 bits per heavy atom. The van der Waals surface area contributed by atoms with Crippen molar-refractivity contribution in [2.24, 2.45) is 5.92 Å². The number of piperidine rings is 2. The fourth-order valence-electron chi connectivity index (χ4n) is 4.85. The van der Waals surface area contributed by atoms with E-state index in [0.29, 0.717) is 23.2 Å². The number of nitrogens with zero attached hydrogens (tertiary/aromatic N) is 4. The van der Waals surface area contributed by atoms with Crippen LogP contribution in [0.2, 0.25) is 0 Å². The summed E-state index contributed by atoms with van der Waals surface area (Å²) in [5.74, 6) is -0.346.